The van der Waals surface area contributed by atoms with E-state index in [0.29, 0.717) is 24.5 Å². The molecule has 3 fully saturated rings. The summed E-state index contributed by atoms with van der Waals surface area (Å²) < 4.78 is 66.7. The predicted molar refractivity (Wildman–Crippen MR) is 115 cm³/mol. The lowest BCUT2D eigenvalue weighted by Gasteiger charge is -2.40. The second-order valence-corrected chi connectivity index (χ2v) is 11.8. The highest BCUT2D eigenvalue weighted by Crippen LogP contribution is 2.64. The first-order chi connectivity index (χ1) is 14.8. The monoisotopic (exact) mass is 494 g/mol. The van der Waals surface area contributed by atoms with Gasteiger partial charge in [0, 0.05) is 37.8 Å². The molecule has 178 valence electrons. The summed E-state index contributed by atoms with van der Waals surface area (Å²) in [6, 6.07) is 0.834. The Morgan fingerprint density at radius 3 is 2.47 bits per heavy atom. The molecule has 2 heterocycles. The third kappa shape index (κ3) is 3.66. The van der Waals surface area contributed by atoms with E-state index in [0.717, 1.165) is 18.7 Å². The van der Waals surface area contributed by atoms with Crippen LogP contribution in [0.1, 0.15) is 38.7 Å². The van der Waals surface area contributed by atoms with Crippen LogP contribution in [0.5, 0.6) is 0 Å². The van der Waals surface area contributed by atoms with Crippen molar-refractivity contribution in [3.05, 3.63) is 22.8 Å². The molecule has 2 bridgehead atoms. The van der Waals surface area contributed by atoms with Gasteiger partial charge in [0.05, 0.1) is 22.1 Å². The second-order valence-electron chi connectivity index (χ2n) is 9.46. The third-order valence-electron chi connectivity index (χ3n) is 7.80. The Hall–Kier alpha value is -1.59. The van der Waals surface area contributed by atoms with Crippen LogP contribution in [-0.2, 0) is 16.2 Å². The molecule has 2 saturated carbocycles. The molecule has 1 saturated heterocycles. The van der Waals surface area contributed by atoms with E-state index in [1.165, 1.54) is 4.31 Å². The molecular formula is C20H26ClF3N4O3S. The minimum absolute atomic E-state index is 0.109. The molecule has 0 spiro atoms. The summed E-state index contributed by atoms with van der Waals surface area (Å²) in [4.78, 5) is 5.56. The molecule has 7 nitrogen and oxygen atoms in total. The van der Waals surface area contributed by atoms with Gasteiger partial charge in [-0.05, 0) is 36.7 Å². The van der Waals surface area contributed by atoms with Crippen molar-refractivity contribution in [1.29, 1.82) is 0 Å². The van der Waals surface area contributed by atoms with Crippen molar-refractivity contribution in [2.75, 3.05) is 36.8 Å². The number of aromatic nitrogens is 1. The van der Waals surface area contributed by atoms with Crippen LogP contribution in [0.3, 0.4) is 0 Å². The highest BCUT2D eigenvalue weighted by Gasteiger charge is 2.64. The predicted octanol–water partition coefficient (Wildman–Crippen LogP) is 3.86. The summed E-state index contributed by atoms with van der Waals surface area (Å²) >= 11 is 6.04. The van der Waals surface area contributed by atoms with Gasteiger partial charge in [-0.1, -0.05) is 30.6 Å². The maximum atomic E-state index is 13.3. The van der Waals surface area contributed by atoms with Crippen molar-refractivity contribution >= 4 is 33.2 Å². The minimum atomic E-state index is -4.54. The molecular weight excluding hydrogens is 469 g/mol. The quantitative estimate of drug-likeness (QED) is 0.507. The van der Waals surface area contributed by atoms with Crippen LogP contribution < -0.4 is 4.90 Å². The van der Waals surface area contributed by atoms with Gasteiger partial charge in [-0.25, -0.2) is 13.4 Å². The molecule has 12 heteroatoms. The number of alkyl halides is 3. The third-order valence-corrected chi connectivity index (χ3v) is 10.1. The average molecular weight is 495 g/mol. The standard InChI is InChI=1S/C20H26ClF3N4O3S/c1-18(2)13-3-4-19(18,16(10-13)26-29)12-32(30,31)28-7-5-27(6-8-28)17-15(21)9-14(11-25-17)20(22,23)24/h9,11,13,29H,3-8,10,12H2,1-2H3/b26-16+. The van der Waals surface area contributed by atoms with Gasteiger partial charge in [0.1, 0.15) is 5.82 Å². The average Bonchev–Trinajstić information content (AvgIpc) is 3.07. The Morgan fingerprint density at radius 2 is 1.94 bits per heavy atom. The molecule has 4 rings (SSSR count). The van der Waals surface area contributed by atoms with Crippen molar-refractivity contribution in [1.82, 2.24) is 9.29 Å². The lowest BCUT2D eigenvalue weighted by atomic mass is 9.70. The molecule has 2 unspecified atom stereocenters. The Bertz CT molecular complexity index is 1040. The molecule has 3 aliphatic rings. The number of rotatable bonds is 4. The number of piperazine rings is 1. The van der Waals surface area contributed by atoms with Gasteiger partial charge < -0.3 is 10.1 Å². The smallest absolute Gasteiger partial charge is 0.411 e. The van der Waals surface area contributed by atoms with Crippen molar-refractivity contribution in [2.45, 2.75) is 39.3 Å². The SMILES string of the molecule is CC1(C)C2CCC1(CS(=O)(=O)N1CCN(c3ncc(C(F)(F)F)cc3Cl)CC1)/C(=N/O)C2. The molecule has 0 aromatic carbocycles. The summed E-state index contributed by atoms with van der Waals surface area (Å²) in [7, 11) is -3.65. The first-order valence-electron chi connectivity index (χ1n) is 10.5. The van der Waals surface area contributed by atoms with Crippen LogP contribution in [0, 0.1) is 16.7 Å². The zero-order valence-corrected chi connectivity index (χ0v) is 19.4. The fourth-order valence-electron chi connectivity index (χ4n) is 5.67. The topological polar surface area (TPSA) is 86.1 Å². The lowest BCUT2D eigenvalue weighted by Crippen LogP contribution is -2.53. The highest BCUT2D eigenvalue weighted by molar-refractivity contribution is 7.89. The maximum Gasteiger partial charge on any atom is 0.417 e. The van der Waals surface area contributed by atoms with Crippen LogP contribution in [0.4, 0.5) is 19.0 Å². The Labute approximate surface area is 190 Å². The number of pyridine rings is 1. The molecule has 2 aliphatic carbocycles. The zero-order valence-electron chi connectivity index (χ0n) is 17.9. The van der Waals surface area contributed by atoms with Gasteiger partial charge in [0.15, 0.2) is 0 Å². The molecule has 32 heavy (non-hydrogen) atoms. The van der Waals surface area contributed by atoms with Crippen LogP contribution in [0.2, 0.25) is 5.02 Å². The first-order valence-corrected chi connectivity index (χ1v) is 12.5. The van der Waals surface area contributed by atoms with E-state index < -0.39 is 27.2 Å². The second kappa shape index (κ2) is 7.73. The van der Waals surface area contributed by atoms with Crippen LogP contribution in [0.15, 0.2) is 17.4 Å². The summed E-state index contributed by atoms with van der Waals surface area (Å²) in [5, 5.41) is 12.9. The minimum Gasteiger partial charge on any atom is -0.411 e. The van der Waals surface area contributed by atoms with Crippen molar-refractivity contribution in [3.63, 3.8) is 0 Å². The number of nitrogens with zero attached hydrogens (tertiary/aromatic N) is 4. The molecule has 1 aromatic heterocycles. The Morgan fingerprint density at radius 1 is 1.28 bits per heavy atom. The van der Waals surface area contributed by atoms with E-state index in [1.54, 1.807) is 4.90 Å². The Balaban J connectivity index is 1.48. The summed E-state index contributed by atoms with van der Waals surface area (Å²) in [6.07, 6.45) is -1.60. The van der Waals surface area contributed by atoms with Gasteiger partial charge in [-0.2, -0.15) is 17.5 Å². The van der Waals surface area contributed by atoms with Crippen molar-refractivity contribution in [3.8, 4) is 0 Å². The molecule has 0 amide bonds. The first kappa shape index (κ1) is 23.6. The maximum absolute atomic E-state index is 13.3. The number of sulfonamides is 1. The number of anilines is 1. The zero-order chi connectivity index (χ0) is 23.5. The van der Waals surface area contributed by atoms with Crippen LogP contribution in [-0.4, -0.2) is 60.6 Å². The molecule has 1 N–H and O–H groups in total. The lowest BCUT2D eigenvalue weighted by molar-refractivity contribution is -0.137. The number of fused-ring (bicyclic) bond motifs is 2. The van der Waals surface area contributed by atoms with Gasteiger partial charge in [0.2, 0.25) is 10.0 Å². The number of oxime groups is 1. The van der Waals surface area contributed by atoms with Gasteiger partial charge in [0.25, 0.3) is 0 Å². The largest absolute Gasteiger partial charge is 0.417 e. The van der Waals surface area contributed by atoms with Crippen molar-refractivity contribution < 1.29 is 26.8 Å². The summed E-state index contributed by atoms with van der Waals surface area (Å²) in [6.45, 7) is 4.97. The number of hydrogen-bond acceptors (Lipinski definition) is 6. The van der Waals surface area contributed by atoms with Gasteiger partial charge >= 0.3 is 6.18 Å². The molecule has 1 aromatic rings. The van der Waals surface area contributed by atoms with Crippen LogP contribution >= 0.6 is 11.6 Å². The number of hydrogen-bond donors (Lipinski definition) is 1. The normalized spacial score (nSPS) is 29.8. The van der Waals surface area contributed by atoms with Gasteiger partial charge in [-0.3, -0.25) is 0 Å². The highest BCUT2D eigenvalue weighted by atomic mass is 35.5. The number of halogens is 4. The summed E-state index contributed by atoms with van der Waals surface area (Å²) in [5.74, 6) is 0.399. The molecule has 1 aliphatic heterocycles. The van der Waals surface area contributed by atoms with Crippen LogP contribution in [0.25, 0.3) is 0 Å². The van der Waals surface area contributed by atoms with E-state index in [-0.39, 0.29) is 48.2 Å². The molecule has 0 radical (unpaired) electrons. The van der Waals surface area contributed by atoms with Crippen molar-refractivity contribution in [2.24, 2.45) is 21.9 Å². The van der Waals surface area contributed by atoms with E-state index in [2.05, 4.69) is 24.0 Å². The van der Waals surface area contributed by atoms with E-state index >= 15 is 0 Å². The Kier molecular flexibility index (Phi) is 5.69. The fourth-order valence-corrected chi connectivity index (χ4v) is 8.17. The van der Waals surface area contributed by atoms with E-state index in [9.17, 15) is 26.8 Å². The fraction of sp³-hybridized carbons (Fsp3) is 0.700. The van der Waals surface area contributed by atoms with Gasteiger partial charge in [-0.15, -0.1) is 0 Å². The van der Waals surface area contributed by atoms with E-state index in [4.69, 9.17) is 11.6 Å². The summed E-state index contributed by atoms with van der Waals surface area (Å²) in [5.41, 5.74) is -1.31. The van der Waals surface area contributed by atoms with E-state index in [1.807, 2.05) is 0 Å². The molecule has 2 atom stereocenters.